The second-order valence-corrected chi connectivity index (χ2v) is 23.8. The fraction of sp³-hybridized carbons (Fsp3) is 0.609. The second-order valence-electron chi connectivity index (χ2n) is 23.8. The highest BCUT2D eigenvalue weighted by atomic mass is 19.3. The Morgan fingerprint density at radius 3 is 1.91 bits per heavy atom. The van der Waals surface area contributed by atoms with Gasteiger partial charge in [0.25, 0.3) is 11.8 Å². The molecule has 0 saturated carbocycles. The molecule has 29 heteroatoms. The van der Waals surface area contributed by atoms with Gasteiger partial charge >= 0.3 is 17.9 Å². The Kier molecular flexibility index (Phi) is 31.1. The highest BCUT2D eigenvalue weighted by Crippen LogP contribution is 2.31. The molecule has 1 unspecified atom stereocenters. The van der Waals surface area contributed by atoms with Gasteiger partial charge in [-0.05, 0) is 75.3 Å². The molecular weight excluding hydrogens is 1210 g/mol. The van der Waals surface area contributed by atoms with Crippen molar-refractivity contribution in [1.29, 1.82) is 0 Å². The van der Waals surface area contributed by atoms with Gasteiger partial charge in [0.05, 0.1) is 69.6 Å². The number of pyridine rings is 1. The van der Waals surface area contributed by atoms with Crippen molar-refractivity contribution in [3.63, 3.8) is 0 Å². The normalized spacial score (nSPS) is 17.7. The second kappa shape index (κ2) is 39.0. The van der Waals surface area contributed by atoms with Crippen LogP contribution in [-0.4, -0.2) is 296 Å². The van der Waals surface area contributed by atoms with Gasteiger partial charge in [0.1, 0.15) is 11.8 Å². The molecular formula is C64H93F2N13O14. The standard InChI is InChI=1S/C64H93F2N13O14/c1-47-11-13-48(14-12-47)8-6-9-55(80)69-21-37-92-36-18-54(72-56(81)42-74-23-25-75(43-59(84)85)27-29-77(45-61(88)89)30-28-76(26-24-74)44-60(86)87)63(91)70-19-5-3-4-10-57(82)78-33-31-73(32-34-78)22-7-35-93-50-15-16-53-52(38-50)51(17-20-68-53)62(90)71-41-58(83)79-46-64(65,66)39-49(79)40-67-2/h11-17,20,38,40,49,54H,3-10,18-19,21-37,39,41-46H2,1-2H3,(H,69,80)(H,70,91)(H,71,90)(H,72,81)(H,84,85)(H,86,87)(H,88,89)/b67-40+/t49-,54?/m1/s1. The van der Waals surface area contributed by atoms with Crippen LogP contribution >= 0.6 is 0 Å². The summed E-state index contributed by atoms with van der Waals surface area (Å²) in [4.78, 5) is 135. The van der Waals surface area contributed by atoms with Crippen molar-refractivity contribution < 1.29 is 76.7 Å². The fourth-order valence-corrected chi connectivity index (χ4v) is 11.3. The van der Waals surface area contributed by atoms with E-state index in [0.29, 0.717) is 94.4 Å². The molecule has 2 aromatic carbocycles. The molecule has 3 aliphatic heterocycles. The summed E-state index contributed by atoms with van der Waals surface area (Å²) in [5.41, 5.74) is 3.10. The zero-order valence-electron chi connectivity index (χ0n) is 53.6. The molecule has 0 aliphatic carbocycles. The van der Waals surface area contributed by atoms with Crippen LogP contribution in [0.25, 0.3) is 10.9 Å². The maximum atomic E-state index is 14.1. The number of carboxylic acids is 3. The van der Waals surface area contributed by atoms with E-state index < -0.39 is 79.1 Å². The van der Waals surface area contributed by atoms with Crippen LogP contribution in [0.2, 0.25) is 0 Å². The number of halogens is 2. The first-order valence-electron chi connectivity index (χ1n) is 32.0. The molecule has 0 bridgehead atoms. The van der Waals surface area contributed by atoms with Crippen LogP contribution in [0.1, 0.15) is 79.3 Å². The van der Waals surface area contributed by atoms with E-state index in [1.165, 1.54) is 31.1 Å². The number of hydrogen-bond donors (Lipinski definition) is 7. The van der Waals surface area contributed by atoms with E-state index in [4.69, 9.17) is 9.47 Å². The topological polar surface area (TPSA) is 329 Å². The number of nitrogens with one attached hydrogen (secondary N) is 4. The summed E-state index contributed by atoms with van der Waals surface area (Å²) in [6, 6.07) is 13.0. The Balaban J connectivity index is 0.918. The summed E-state index contributed by atoms with van der Waals surface area (Å²) in [5.74, 6) is -7.98. The van der Waals surface area contributed by atoms with Crippen molar-refractivity contribution in [2.45, 2.75) is 89.1 Å². The van der Waals surface area contributed by atoms with Gasteiger partial charge in [-0.1, -0.05) is 36.2 Å². The Bertz CT molecular complexity index is 2940. The molecule has 3 aromatic rings. The minimum Gasteiger partial charge on any atom is -0.494 e. The number of aliphatic imine (C=N–C) groups is 1. The van der Waals surface area contributed by atoms with Crippen molar-refractivity contribution in [3.8, 4) is 5.75 Å². The first kappa shape index (κ1) is 74.2. The maximum Gasteiger partial charge on any atom is 0.317 e. The van der Waals surface area contributed by atoms with E-state index in [-0.39, 0.29) is 129 Å². The smallest absolute Gasteiger partial charge is 0.317 e. The van der Waals surface area contributed by atoms with Crippen molar-refractivity contribution in [3.05, 3.63) is 71.4 Å². The third-order valence-electron chi connectivity index (χ3n) is 16.4. The first-order valence-corrected chi connectivity index (χ1v) is 32.0. The Morgan fingerprint density at radius 2 is 1.29 bits per heavy atom. The van der Waals surface area contributed by atoms with Crippen LogP contribution in [-0.2, 0) is 49.5 Å². The lowest BCUT2D eigenvalue weighted by Gasteiger charge is -2.34. The number of hydrogen-bond acceptors (Lipinski definition) is 18. The van der Waals surface area contributed by atoms with Crippen molar-refractivity contribution in [1.82, 2.24) is 60.6 Å². The number of benzene rings is 2. The molecule has 3 saturated heterocycles. The number of carbonyl (C=O) groups is 9. The van der Waals surface area contributed by atoms with Gasteiger partial charge in [0.15, 0.2) is 0 Å². The van der Waals surface area contributed by atoms with Crippen molar-refractivity contribution in [2.75, 3.05) is 164 Å². The number of ether oxygens (including phenoxy) is 2. The average molecular weight is 1310 g/mol. The van der Waals surface area contributed by atoms with Gasteiger partial charge < -0.3 is 55.9 Å². The molecule has 6 rings (SSSR count). The number of amides is 6. The third-order valence-corrected chi connectivity index (χ3v) is 16.4. The Morgan fingerprint density at radius 1 is 0.667 bits per heavy atom. The summed E-state index contributed by atoms with van der Waals surface area (Å²) in [6.07, 6.45) is 6.99. The summed E-state index contributed by atoms with van der Waals surface area (Å²) >= 11 is 0. The van der Waals surface area contributed by atoms with E-state index >= 15 is 0 Å². The van der Waals surface area contributed by atoms with Gasteiger partial charge in [-0.3, -0.25) is 77.6 Å². The number of carbonyl (C=O) groups excluding carboxylic acids is 6. The summed E-state index contributed by atoms with van der Waals surface area (Å²) in [5, 5.41) is 40.5. The number of piperazine rings is 1. The number of rotatable bonds is 35. The number of aryl methyl sites for hydroxylation is 2. The Labute approximate surface area is 541 Å². The number of aromatic nitrogens is 1. The highest BCUT2D eigenvalue weighted by Gasteiger charge is 2.46. The summed E-state index contributed by atoms with van der Waals surface area (Å²) in [6.45, 7) is 5.70. The van der Waals surface area contributed by atoms with Gasteiger partial charge in [0, 0.05) is 149 Å². The number of nitrogens with zero attached hydrogens (tertiary/aromatic N) is 9. The van der Waals surface area contributed by atoms with Gasteiger partial charge in [-0.2, -0.15) is 0 Å². The molecule has 27 nitrogen and oxygen atoms in total. The van der Waals surface area contributed by atoms with E-state index in [2.05, 4.69) is 48.3 Å². The minimum absolute atomic E-state index is 0.0450. The van der Waals surface area contributed by atoms with E-state index in [9.17, 15) is 67.3 Å². The van der Waals surface area contributed by atoms with Crippen LogP contribution in [0.3, 0.4) is 0 Å². The van der Waals surface area contributed by atoms with Crippen molar-refractivity contribution in [2.24, 2.45) is 4.99 Å². The molecule has 93 heavy (non-hydrogen) atoms. The predicted molar refractivity (Wildman–Crippen MR) is 341 cm³/mol. The third kappa shape index (κ3) is 27.3. The number of likely N-dealkylation sites (tertiary alicyclic amines) is 1. The van der Waals surface area contributed by atoms with Gasteiger partial charge in [0.2, 0.25) is 29.5 Å². The highest BCUT2D eigenvalue weighted by molar-refractivity contribution is 6.07. The van der Waals surface area contributed by atoms with Crippen LogP contribution < -0.4 is 26.0 Å². The quantitative estimate of drug-likeness (QED) is 0.0322. The van der Waals surface area contributed by atoms with Crippen LogP contribution in [0.15, 0.2) is 59.7 Å². The average Bonchev–Trinajstić information content (AvgIpc) is 1.86. The SMILES string of the molecule is C/N=C/[C@H]1CC(F)(F)CN1C(=O)CNC(=O)c1ccnc2ccc(OCCCN3CCN(C(=O)CCCCCNC(=O)C(CCOCCNC(=O)CCCc4ccc(C)cc4)NC(=O)CN4CCN(CC(=O)O)CCN(CC(=O)O)CCN(CC(=O)O)CC4)CC3)cc12. The summed E-state index contributed by atoms with van der Waals surface area (Å²) in [7, 11) is 1.45. The fourth-order valence-electron chi connectivity index (χ4n) is 11.3. The zero-order chi connectivity index (χ0) is 67.1. The zero-order valence-corrected chi connectivity index (χ0v) is 53.6. The molecule has 4 heterocycles. The number of unbranched alkanes of at least 4 members (excludes halogenated alkanes) is 2. The predicted octanol–water partition coefficient (Wildman–Crippen LogP) is 1.31. The maximum absolute atomic E-state index is 14.1. The van der Waals surface area contributed by atoms with E-state index in [0.717, 1.165) is 23.4 Å². The molecule has 0 radical (unpaired) electrons. The monoisotopic (exact) mass is 1310 g/mol. The van der Waals surface area contributed by atoms with E-state index in [1.807, 2.05) is 24.0 Å². The van der Waals surface area contributed by atoms with Crippen molar-refractivity contribution >= 4 is 70.5 Å². The lowest BCUT2D eigenvalue weighted by atomic mass is 10.1. The molecule has 2 atom stereocenters. The summed E-state index contributed by atoms with van der Waals surface area (Å²) < 4.78 is 40.2. The number of fused-ring (bicyclic) bond motifs is 1. The minimum atomic E-state index is -3.05. The Hall–Kier alpha value is -7.83. The van der Waals surface area contributed by atoms with Crippen LogP contribution in [0.5, 0.6) is 5.75 Å². The number of alkyl halides is 2. The molecule has 7 N–H and O–H groups in total. The molecule has 1 aromatic heterocycles. The van der Waals surface area contributed by atoms with Crippen LogP contribution in [0, 0.1) is 6.92 Å². The van der Waals surface area contributed by atoms with Crippen LogP contribution in [0.4, 0.5) is 8.78 Å². The number of carboxylic acid groups (broad SMARTS) is 3. The van der Waals surface area contributed by atoms with E-state index in [1.54, 1.807) is 37.8 Å². The lowest BCUT2D eigenvalue weighted by Crippen LogP contribution is -2.52. The molecule has 0 spiro atoms. The van der Waals surface area contributed by atoms with Gasteiger partial charge in [-0.15, -0.1) is 0 Å². The molecule has 3 fully saturated rings. The molecule has 512 valence electrons. The lowest BCUT2D eigenvalue weighted by molar-refractivity contribution is -0.140. The first-order chi connectivity index (χ1) is 44.6. The largest absolute Gasteiger partial charge is 0.494 e. The molecule has 3 aliphatic rings. The van der Waals surface area contributed by atoms with Gasteiger partial charge in [-0.25, -0.2) is 8.78 Å². The molecule has 6 amide bonds. The number of aliphatic carboxylic acids is 3.